The minimum atomic E-state index is -0.360. The fourth-order valence-corrected chi connectivity index (χ4v) is 2.86. The van der Waals surface area contributed by atoms with Gasteiger partial charge in [0.25, 0.3) is 5.69 Å². The maximum absolute atomic E-state index is 11.1. The smallest absolute Gasteiger partial charge is 0.275 e. The summed E-state index contributed by atoms with van der Waals surface area (Å²) in [5.74, 6) is 1.15. The van der Waals surface area contributed by atoms with Gasteiger partial charge in [0.2, 0.25) is 0 Å². The summed E-state index contributed by atoms with van der Waals surface area (Å²) in [6.45, 7) is 5.22. The van der Waals surface area contributed by atoms with Crippen LogP contribution in [0.25, 0.3) is 0 Å². The summed E-state index contributed by atoms with van der Waals surface area (Å²) in [6, 6.07) is 5.03. The van der Waals surface area contributed by atoms with E-state index in [1.54, 1.807) is 6.07 Å². The normalized spacial score (nSPS) is 18.6. The summed E-state index contributed by atoms with van der Waals surface area (Å²) in [4.78, 5) is 12.9. The van der Waals surface area contributed by atoms with Crippen LogP contribution in [0.3, 0.4) is 0 Å². The molecule has 1 fully saturated rings. The molecule has 1 aromatic rings. The van der Waals surface area contributed by atoms with Crippen LogP contribution in [0.4, 0.5) is 11.4 Å². The first-order chi connectivity index (χ1) is 10.1. The first-order valence-electron chi connectivity index (χ1n) is 7.46. The molecular formula is C15H23N3O3. The average molecular weight is 293 g/mol. The highest BCUT2D eigenvalue weighted by molar-refractivity contribution is 5.58. The number of benzene rings is 1. The van der Waals surface area contributed by atoms with Gasteiger partial charge >= 0.3 is 0 Å². The number of nitro benzene ring substituents is 1. The van der Waals surface area contributed by atoms with Crippen LogP contribution in [-0.4, -0.2) is 38.2 Å². The average Bonchev–Trinajstić information content (AvgIpc) is 2.48. The molecule has 0 bridgehead atoms. The number of hydrogen-bond donors (Lipinski definition) is 1. The van der Waals surface area contributed by atoms with E-state index < -0.39 is 0 Å². The highest BCUT2D eigenvalue weighted by atomic mass is 16.6. The van der Waals surface area contributed by atoms with Gasteiger partial charge < -0.3 is 15.0 Å². The first kappa shape index (κ1) is 15.6. The summed E-state index contributed by atoms with van der Waals surface area (Å²) in [7, 11) is 1.96. The number of non-ortho nitro benzene ring substituents is 1. The van der Waals surface area contributed by atoms with Crippen molar-refractivity contribution >= 4 is 11.4 Å². The van der Waals surface area contributed by atoms with Gasteiger partial charge in [-0.1, -0.05) is 0 Å². The summed E-state index contributed by atoms with van der Waals surface area (Å²) in [6.07, 6.45) is 2.31. The molecule has 0 aliphatic carbocycles. The van der Waals surface area contributed by atoms with Crippen molar-refractivity contribution in [2.75, 3.05) is 38.2 Å². The van der Waals surface area contributed by atoms with Crippen molar-refractivity contribution in [3.05, 3.63) is 28.3 Å². The molecule has 0 spiro atoms. The molecule has 1 N–H and O–H groups in total. The van der Waals surface area contributed by atoms with Crippen LogP contribution in [0.15, 0.2) is 18.2 Å². The predicted octanol–water partition coefficient (Wildman–Crippen LogP) is 2.43. The number of nitrogens with one attached hydrogen (secondary N) is 1. The Hall–Kier alpha value is -1.82. The van der Waals surface area contributed by atoms with Crippen molar-refractivity contribution in [2.24, 2.45) is 5.92 Å². The lowest BCUT2D eigenvalue weighted by atomic mass is 9.97. The zero-order valence-electron chi connectivity index (χ0n) is 12.7. The molecule has 1 atom stereocenters. The lowest BCUT2D eigenvalue weighted by molar-refractivity contribution is -0.384. The Bertz CT molecular complexity index is 491. The Morgan fingerprint density at radius 2 is 2.29 bits per heavy atom. The van der Waals surface area contributed by atoms with Crippen LogP contribution in [0.2, 0.25) is 0 Å². The van der Waals surface area contributed by atoms with Gasteiger partial charge in [-0.2, -0.15) is 0 Å². The van der Waals surface area contributed by atoms with Gasteiger partial charge in [0.1, 0.15) is 5.75 Å². The number of nitrogens with zero attached hydrogens (tertiary/aromatic N) is 2. The molecule has 1 heterocycles. The monoisotopic (exact) mass is 293 g/mol. The molecule has 116 valence electrons. The van der Waals surface area contributed by atoms with Gasteiger partial charge in [0, 0.05) is 30.9 Å². The summed E-state index contributed by atoms with van der Waals surface area (Å²) in [5, 5.41) is 14.3. The SMILES string of the molecule is CCOc1cc(N2CCCC(CNC)C2)cc([N+](=O)[O-])c1. The Labute approximate surface area is 125 Å². The summed E-state index contributed by atoms with van der Waals surface area (Å²) >= 11 is 0. The molecule has 1 aromatic carbocycles. The third-order valence-corrected chi connectivity index (χ3v) is 3.77. The van der Waals surface area contributed by atoms with E-state index in [4.69, 9.17) is 4.74 Å². The Kier molecular flexibility index (Phi) is 5.38. The molecule has 1 saturated heterocycles. The number of hydrogen-bond acceptors (Lipinski definition) is 5. The molecule has 0 aromatic heterocycles. The fraction of sp³-hybridized carbons (Fsp3) is 0.600. The van der Waals surface area contributed by atoms with Gasteiger partial charge in [-0.05, 0) is 39.3 Å². The van der Waals surface area contributed by atoms with Crippen molar-refractivity contribution in [1.82, 2.24) is 5.32 Å². The topological polar surface area (TPSA) is 67.6 Å². The second kappa shape index (κ2) is 7.26. The number of anilines is 1. The molecule has 0 saturated carbocycles. The maximum Gasteiger partial charge on any atom is 0.275 e. The Balaban J connectivity index is 2.22. The second-order valence-electron chi connectivity index (χ2n) is 5.39. The van der Waals surface area contributed by atoms with E-state index in [0.717, 1.165) is 31.7 Å². The van der Waals surface area contributed by atoms with Gasteiger partial charge in [-0.25, -0.2) is 0 Å². The van der Waals surface area contributed by atoms with Crippen molar-refractivity contribution in [2.45, 2.75) is 19.8 Å². The third-order valence-electron chi connectivity index (χ3n) is 3.77. The molecule has 0 radical (unpaired) electrons. The highest BCUT2D eigenvalue weighted by Crippen LogP contribution is 2.31. The fourth-order valence-electron chi connectivity index (χ4n) is 2.86. The van der Waals surface area contributed by atoms with Crippen molar-refractivity contribution in [3.8, 4) is 5.75 Å². The molecular weight excluding hydrogens is 270 g/mol. The quantitative estimate of drug-likeness (QED) is 0.644. The van der Waals surface area contributed by atoms with E-state index in [-0.39, 0.29) is 10.6 Å². The maximum atomic E-state index is 11.1. The van der Waals surface area contributed by atoms with Gasteiger partial charge in [0.15, 0.2) is 0 Å². The standard InChI is InChI=1S/C15H23N3O3/c1-3-21-15-8-13(7-14(9-15)18(19)20)17-6-4-5-12(11-17)10-16-2/h7-9,12,16H,3-6,10-11H2,1-2H3. The lowest BCUT2D eigenvalue weighted by Crippen LogP contribution is -2.39. The largest absolute Gasteiger partial charge is 0.494 e. The van der Waals surface area contributed by atoms with Gasteiger partial charge in [0.05, 0.1) is 17.6 Å². The van der Waals surface area contributed by atoms with Crippen LogP contribution in [-0.2, 0) is 0 Å². The first-order valence-corrected chi connectivity index (χ1v) is 7.46. The zero-order chi connectivity index (χ0) is 15.2. The van der Waals surface area contributed by atoms with Crippen LogP contribution in [0, 0.1) is 16.0 Å². The highest BCUT2D eigenvalue weighted by Gasteiger charge is 2.22. The van der Waals surface area contributed by atoms with Crippen LogP contribution in [0.5, 0.6) is 5.75 Å². The third kappa shape index (κ3) is 4.07. The predicted molar refractivity (Wildman–Crippen MR) is 83.1 cm³/mol. The van der Waals surface area contributed by atoms with Crippen LogP contribution < -0.4 is 15.0 Å². The molecule has 1 aliphatic heterocycles. The van der Waals surface area contributed by atoms with E-state index in [1.807, 2.05) is 20.0 Å². The molecule has 6 heteroatoms. The van der Waals surface area contributed by atoms with Crippen LogP contribution in [0.1, 0.15) is 19.8 Å². The van der Waals surface area contributed by atoms with E-state index in [2.05, 4.69) is 10.2 Å². The molecule has 6 nitrogen and oxygen atoms in total. The summed E-state index contributed by atoms with van der Waals surface area (Å²) in [5.41, 5.74) is 0.972. The van der Waals surface area contributed by atoms with E-state index in [1.165, 1.54) is 12.5 Å². The van der Waals surface area contributed by atoms with Gasteiger partial charge in [-0.3, -0.25) is 10.1 Å². The van der Waals surface area contributed by atoms with E-state index in [9.17, 15) is 10.1 Å². The van der Waals surface area contributed by atoms with Crippen molar-refractivity contribution in [3.63, 3.8) is 0 Å². The number of ether oxygens (including phenoxy) is 1. The summed E-state index contributed by atoms with van der Waals surface area (Å²) < 4.78 is 5.46. The molecule has 1 unspecified atom stereocenters. The Morgan fingerprint density at radius 1 is 1.48 bits per heavy atom. The number of rotatable bonds is 6. The van der Waals surface area contributed by atoms with Crippen LogP contribution >= 0.6 is 0 Å². The minimum absolute atomic E-state index is 0.0895. The van der Waals surface area contributed by atoms with E-state index >= 15 is 0 Å². The van der Waals surface area contributed by atoms with Crippen molar-refractivity contribution in [1.29, 1.82) is 0 Å². The minimum Gasteiger partial charge on any atom is -0.494 e. The zero-order valence-corrected chi connectivity index (χ0v) is 12.7. The Morgan fingerprint density at radius 3 is 2.95 bits per heavy atom. The van der Waals surface area contributed by atoms with Crippen molar-refractivity contribution < 1.29 is 9.66 Å². The molecule has 2 rings (SSSR count). The molecule has 1 aliphatic rings. The van der Waals surface area contributed by atoms with Gasteiger partial charge in [-0.15, -0.1) is 0 Å². The van der Waals surface area contributed by atoms with E-state index in [0.29, 0.717) is 18.3 Å². The molecule has 0 amide bonds. The second-order valence-corrected chi connectivity index (χ2v) is 5.39. The number of nitro groups is 1. The number of piperidine rings is 1. The lowest BCUT2D eigenvalue weighted by Gasteiger charge is -2.34. The molecule has 21 heavy (non-hydrogen) atoms.